The molecule has 0 saturated carbocycles. The lowest BCUT2D eigenvalue weighted by atomic mass is 10.1. The van der Waals surface area contributed by atoms with E-state index < -0.39 is 5.97 Å². The Balaban J connectivity index is -0.0000000797. The van der Waals surface area contributed by atoms with Crippen molar-refractivity contribution in [2.45, 2.75) is 290 Å². The minimum Gasteiger partial charge on any atom is -0.481 e. The number of aromatic nitrogens is 2. The number of benzene rings is 1. The number of carbonyl (C=O) groups excluding carboxylic acids is 1. The Morgan fingerprint density at radius 1 is 0.558 bits per heavy atom. The van der Waals surface area contributed by atoms with Crippen molar-refractivity contribution < 1.29 is 34.0 Å². The van der Waals surface area contributed by atoms with E-state index in [1.807, 2.05) is 38.7 Å². The van der Waals surface area contributed by atoms with Crippen molar-refractivity contribution in [3.05, 3.63) is 54.1 Å². The molecule has 0 aliphatic heterocycles. The smallest absolute Gasteiger partial charge is 0.303 e. The highest BCUT2D eigenvalue weighted by Gasteiger charge is 1.94. The third-order valence-electron chi connectivity index (χ3n) is 10.9. The predicted octanol–water partition coefficient (Wildman–Crippen LogP) is 20.4. The number of amides is 1. The lowest BCUT2D eigenvalue weighted by Crippen LogP contribution is -2.18. The number of H-pyrrole nitrogens is 1. The molecular weight excluding hydrogens is 1110 g/mol. The highest BCUT2D eigenvalue weighted by molar-refractivity contribution is 7.98. The number of hydrogen-bond acceptors (Lipinski definition) is 11. The number of hydrogen-bond donors (Lipinski definition) is 5. The first-order valence-electron chi connectivity index (χ1n) is 34.5. The third-order valence-corrected chi connectivity index (χ3v) is 11.9. The van der Waals surface area contributed by atoms with E-state index in [0.29, 0.717) is 19.4 Å². The second-order valence-corrected chi connectivity index (χ2v) is 21.9. The van der Waals surface area contributed by atoms with Crippen LogP contribution in [0.5, 0.6) is 0 Å². The number of methoxy groups -OCH3 is 2. The Hall–Kier alpha value is -2.17. The Morgan fingerprint density at radius 3 is 1.26 bits per heavy atom. The molecular formula is C72H157N5O7S2. The fourth-order valence-corrected chi connectivity index (χ4v) is 6.10. The van der Waals surface area contributed by atoms with Gasteiger partial charge < -0.3 is 44.5 Å². The highest BCUT2D eigenvalue weighted by Crippen LogP contribution is 2.03. The first-order valence-corrected chi connectivity index (χ1v) is 36.5. The van der Waals surface area contributed by atoms with Gasteiger partial charge in [-0.1, -0.05) is 224 Å². The van der Waals surface area contributed by atoms with Crippen LogP contribution in [-0.4, -0.2) is 155 Å². The van der Waals surface area contributed by atoms with Gasteiger partial charge in [0, 0.05) is 79.0 Å². The summed E-state index contributed by atoms with van der Waals surface area (Å²) in [6.45, 7) is 38.2. The number of aliphatic carboxylic acids is 1. The molecule has 0 aliphatic rings. The Kier molecular flexibility index (Phi) is 152. The zero-order valence-electron chi connectivity index (χ0n) is 62.0. The number of thioether (sulfide) groups is 1. The number of nitrogens with one attached hydrogen (secondary N) is 2. The quantitative estimate of drug-likeness (QED) is 0.0328. The van der Waals surface area contributed by atoms with Crippen LogP contribution in [-0.2, 0) is 36.6 Å². The molecule has 0 unspecified atom stereocenters. The summed E-state index contributed by atoms with van der Waals surface area (Å²) in [5.74, 6) is 1.82. The van der Waals surface area contributed by atoms with Crippen LogP contribution >= 0.6 is 24.4 Å². The van der Waals surface area contributed by atoms with E-state index in [9.17, 15) is 9.59 Å². The maximum Gasteiger partial charge on any atom is 0.303 e. The van der Waals surface area contributed by atoms with E-state index in [2.05, 4.69) is 186 Å². The van der Waals surface area contributed by atoms with Crippen molar-refractivity contribution in [2.75, 3.05) is 113 Å². The zero-order valence-corrected chi connectivity index (χ0v) is 63.8. The van der Waals surface area contributed by atoms with E-state index in [4.69, 9.17) is 24.4 Å². The molecule has 1 aromatic carbocycles. The lowest BCUT2D eigenvalue weighted by molar-refractivity contribution is -0.137. The molecule has 0 saturated heterocycles. The van der Waals surface area contributed by atoms with E-state index in [-0.39, 0.29) is 5.91 Å². The number of imidazole rings is 1. The fraction of sp³-hybridized carbons (Fsp3) is 0.847. The molecule has 0 aliphatic carbocycles. The molecule has 4 N–H and O–H groups in total. The van der Waals surface area contributed by atoms with Gasteiger partial charge in [-0.2, -0.15) is 24.4 Å². The third kappa shape index (κ3) is 166. The topological polar surface area (TPSA) is 149 Å². The van der Waals surface area contributed by atoms with E-state index >= 15 is 0 Å². The number of ether oxygens (including phenoxy) is 3. The number of aliphatic hydroxyl groups is 1. The molecule has 14 heteroatoms. The molecule has 524 valence electrons. The molecule has 1 aromatic heterocycles. The van der Waals surface area contributed by atoms with Crippen molar-refractivity contribution in [1.29, 1.82) is 0 Å². The molecule has 1 heterocycles. The van der Waals surface area contributed by atoms with E-state index in [0.717, 1.165) is 83.7 Å². The zero-order chi connectivity index (χ0) is 68.2. The number of aryl methyl sites for hydroxylation is 2. The van der Waals surface area contributed by atoms with Gasteiger partial charge in [0.15, 0.2) is 0 Å². The van der Waals surface area contributed by atoms with Crippen LogP contribution in [0.3, 0.4) is 0 Å². The van der Waals surface area contributed by atoms with Gasteiger partial charge in [0.1, 0.15) is 0 Å². The van der Waals surface area contributed by atoms with Gasteiger partial charge in [-0.05, 0) is 142 Å². The average molecular weight is 1270 g/mol. The largest absolute Gasteiger partial charge is 0.481 e. The summed E-state index contributed by atoms with van der Waals surface area (Å²) in [5, 5.41) is 18.7. The van der Waals surface area contributed by atoms with Gasteiger partial charge in [-0.15, -0.1) is 0 Å². The number of carboxylic acids is 1. The van der Waals surface area contributed by atoms with Gasteiger partial charge in [0.2, 0.25) is 5.91 Å². The van der Waals surface area contributed by atoms with Gasteiger partial charge in [0.05, 0.1) is 12.9 Å². The fourth-order valence-electron chi connectivity index (χ4n) is 5.21. The van der Waals surface area contributed by atoms with Gasteiger partial charge in [-0.3, -0.25) is 9.59 Å². The van der Waals surface area contributed by atoms with Crippen LogP contribution in [0.25, 0.3) is 0 Å². The summed E-state index contributed by atoms with van der Waals surface area (Å²) in [5.41, 5.74) is 2.71. The van der Waals surface area contributed by atoms with E-state index in [1.54, 1.807) is 27.6 Å². The summed E-state index contributed by atoms with van der Waals surface area (Å²) in [6.07, 6.45) is 39.3. The molecule has 1 amide bonds. The number of nitrogens with zero attached hydrogens (tertiary/aromatic N) is 3. The molecule has 0 bridgehead atoms. The lowest BCUT2D eigenvalue weighted by Gasteiger charge is -2.08. The van der Waals surface area contributed by atoms with Gasteiger partial charge >= 0.3 is 5.97 Å². The van der Waals surface area contributed by atoms with Crippen molar-refractivity contribution in [3.8, 4) is 0 Å². The molecule has 0 atom stereocenters. The second-order valence-electron chi connectivity index (χ2n) is 20.5. The van der Waals surface area contributed by atoms with Crippen LogP contribution in [0.15, 0.2) is 42.9 Å². The molecule has 0 fully saturated rings. The molecule has 2 aromatic rings. The number of thiol groups is 1. The first-order chi connectivity index (χ1) is 41.5. The van der Waals surface area contributed by atoms with Crippen molar-refractivity contribution in [1.82, 2.24) is 25.1 Å². The summed E-state index contributed by atoms with van der Waals surface area (Å²) in [7, 11) is 13.5. The number of aliphatic hydroxyl groups excluding tert-OH is 1. The Morgan fingerprint density at radius 2 is 0.988 bits per heavy atom. The number of carboxylic acid groups (broad SMARTS) is 1. The minimum atomic E-state index is -0.693. The Labute approximate surface area is 550 Å². The molecule has 0 spiro atoms. The predicted molar refractivity (Wildman–Crippen MR) is 395 cm³/mol. The number of rotatable bonds is 36. The SMILES string of the molecule is CC.CCCCC.CCCCC(=O)NC.CCCCC(=O)O.CCCCN(C)C.CCCCO.CCCCOC.CCCCOC.CCCCOCCN(C)C.CCCCS.CCCCSC.CCCCc1ccccc1.CCCCc1cnc[nH]1. The number of unbranched alkanes of at least 4 members (excludes halogenated alkanes) is 13. The standard InChI is InChI=1S/C10H14.C8H19NO.C7H12N2.C6H13NO.C6H15N.C5H10O2.2C5H12O.C5H12S.C5H12.C4H10O.C4H10S.C2H6/c1-2-3-7-10-8-5-4-6-9-10;1-4-5-7-10-8-6-9(2)3;1-2-3-4-7-5-8-6-9-7;1-3-4-5-6(8)7-2;1-4-5-6-7(2)3;1-2-3-4-5(6)7;3*1-3-4-5-6-2;1-3-5-4-2;2*1-2-3-4-5;1-2/h4-6,8-9H,2-3,7H2,1H3;4-8H2,1-3H3;5-6H,2-4H2,1H3,(H,8,9);3-5H2,1-2H3,(H,7,8);4-6H2,1-3H3;2-4H2,1H3,(H,6,7);3*3-5H2,1-2H3;3-5H2,1-2H3;2*5H,2-4H2,1H3;1-2H3. The van der Waals surface area contributed by atoms with E-state index in [1.165, 1.54) is 152 Å². The molecule has 12 nitrogen and oxygen atoms in total. The number of carbonyl (C=O) groups is 2. The maximum absolute atomic E-state index is 10.5. The maximum atomic E-state index is 10.5. The minimum absolute atomic E-state index is 0.145. The van der Waals surface area contributed by atoms with Crippen LogP contribution < -0.4 is 5.32 Å². The first kappa shape index (κ1) is 108. The summed E-state index contributed by atoms with van der Waals surface area (Å²) in [6, 6.07) is 10.6. The number of likely N-dealkylation sites (N-methyl/N-ethyl adjacent to an activating group) is 1. The normalized spacial score (nSPS) is 9.20. The monoisotopic (exact) mass is 1270 g/mol. The number of aromatic amines is 1. The van der Waals surface area contributed by atoms with Gasteiger partial charge in [-0.25, -0.2) is 4.98 Å². The van der Waals surface area contributed by atoms with Crippen LogP contribution in [0.2, 0.25) is 0 Å². The average Bonchev–Trinajstić information content (AvgIpc) is 4.08. The van der Waals surface area contributed by atoms with Crippen molar-refractivity contribution >= 4 is 36.3 Å². The van der Waals surface area contributed by atoms with Crippen LogP contribution in [0.1, 0.15) is 288 Å². The Bertz CT molecular complexity index is 1220. The molecule has 86 heavy (non-hydrogen) atoms. The molecule has 0 radical (unpaired) electrons. The summed E-state index contributed by atoms with van der Waals surface area (Å²) < 4.78 is 14.9. The molecule has 2 rings (SSSR count). The van der Waals surface area contributed by atoms with Crippen molar-refractivity contribution in [3.63, 3.8) is 0 Å². The highest BCUT2D eigenvalue weighted by atomic mass is 32.2. The van der Waals surface area contributed by atoms with Crippen LogP contribution in [0.4, 0.5) is 0 Å². The van der Waals surface area contributed by atoms with Gasteiger partial charge in [0.25, 0.3) is 0 Å². The summed E-state index contributed by atoms with van der Waals surface area (Å²) in [4.78, 5) is 31.5. The summed E-state index contributed by atoms with van der Waals surface area (Å²) >= 11 is 5.93. The second kappa shape index (κ2) is 121. The van der Waals surface area contributed by atoms with Crippen LogP contribution in [0, 0.1) is 0 Å². The van der Waals surface area contributed by atoms with Crippen molar-refractivity contribution in [2.24, 2.45) is 0 Å².